The second-order valence-corrected chi connectivity index (χ2v) is 9.79. The summed E-state index contributed by atoms with van der Waals surface area (Å²) in [7, 11) is -7.26. The first-order chi connectivity index (χ1) is 13.7. The van der Waals surface area contributed by atoms with Crippen LogP contribution >= 0.6 is 0 Å². The number of hydrogen-bond acceptors (Lipinski definition) is 5. The molecule has 0 saturated heterocycles. The summed E-state index contributed by atoms with van der Waals surface area (Å²) in [6.07, 6.45) is 1.60. The molecule has 10 heteroatoms. The van der Waals surface area contributed by atoms with Crippen LogP contribution in [0.4, 0.5) is 5.69 Å². The number of nitrogens with one attached hydrogen (secondary N) is 3. The van der Waals surface area contributed by atoms with Crippen molar-refractivity contribution < 1.29 is 21.6 Å². The molecule has 0 aliphatic rings. The van der Waals surface area contributed by atoms with Gasteiger partial charge < -0.3 is 5.32 Å². The first-order valence-electron chi connectivity index (χ1n) is 9.20. The summed E-state index contributed by atoms with van der Waals surface area (Å²) in [5, 5.41) is 2.63. The van der Waals surface area contributed by atoms with Crippen LogP contribution in [0.2, 0.25) is 0 Å². The standard InChI is InChI=1S/C19H25N3O5S2/c1-3-5-13-21-29(26,27)18-8-6-7-16(14-18)22-19(23)15-9-11-17(12-10-15)28(24,25)20-4-2/h6-12,14,20-21H,3-5,13H2,1-2H3,(H,22,23). The molecule has 0 aromatic heterocycles. The van der Waals surface area contributed by atoms with E-state index in [2.05, 4.69) is 14.8 Å². The summed E-state index contributed by atoms with van der Waals surface area (Å²) in [5.41, 5.74) is 0.562. The van der Waals surface area contributed by atoms with E-state index in [1.807, 2.05) is 6.92 Å². The highest BCUT2D eigenvalue weighted by atomic mass is 32.2. The molecule has 0 spiro atoms. The first-order valence-corrected chi connectivity index (χ1v) is 12.2. The third-order valence-corrected chi connectivity index (χ3v) is 7.01. The molecule has 2 aromatic rings. The van der Waals surface area contributed by atoms with Gasteiger partial charge in [-0.15, -0.1) is 0 Å². The average molecular weight is 440 g/mol. The molecule has 0 heterocycles. The Hall–Kier alpha value is -2.27. The van der Waals surface area contributed by atoms with Crippen LogP contribution in [-0.4, -0.2) is 35.8 Å². The number of sulfonamides is 2. The molecule has 0 saturated carbocycles. The lowest BCUT2D eigenvalue weighted by molar-refractivity contribution is 0.102. The quantitative estimate of drug-likeness (QED) is 0.491. The lowest BCUT2D eigenvalue weighted by Crippen LogP contribution is -2.25. The Morgan fingerprint density at radius 3 is 2.14 bits per heavy atom. The van der Waals surface area contributed by atoms with E-state index in [0.717, 1.165) is 12.8 Å². The number of rotatable bonds is 10. The maximum Gasteiger partial charge on any atom is 0.255 e. The lowest BCUT2D eigenvalue weighted by atomic mass is 10.2. The largest absolute Gasteiger partial charge is 0.322 e. The van der Waals surface area contributed by atoms with E-state index in [4.69, 9.17) is 0 Å². The van der Waals surface area contributed by atoms with Gasteiger partial charge in [0.05, 0.1) is 9.79 Å². The van der Waals surface area contributed by atoms with Gasteiger partial charge in [-0.3, -0.25) is 4.79 Å². The van der Waals surface area contributed by atoms with Gasteiger partial charge in [0.1, 0.15) is 0 Å². The number of anilines is 1. The molecule has 0 atom stereocenters. The van der Waals surface area contributed by atoms with Crippen LogP contribution in [0.5, 0.6) is 0 Å². The first kappa shape index (κ1) is 23.0. The van der Waals surface area contributed by atoms with Gasteiger partial charge in [0.25, 0.3) is 5.91 Å². The molecule has 1 amide bonds. The lowest BCUT2D eigenvalue weighted by Gasteiger charge is -2.10. The van der Waals surface area contributed by atoms with Gasteiger partial charge in [-0.1, -0.05) is 26.3 Å². The van der Waals surface area contributed by atoms with Gasteiger partial charge in [0.2, 0.25) is 20.0 Å². The molecule has 0 aliphatic heterocycles. The summed E-state index contributed by atoms with van der Waals surface area (Å²) in [6, 6.07) is 11.4. The van der Waals surface area contributed by atoms with Crippen molar-refractivity contribution in [1.82, 2.24) is 9.44 Å². The van der Waals surface area contributed by atoms with Crippen molar-refractivity contribution in [2.75, 3.05) is 18.4 Å². The number of benzene rings is 2. The summed E-state index contributed by atoms with van der Waals surface area (Å²) < 4.78 is 53.4. The molecule has 158 valence electrons. The van der Waals surface area contributed by atoms with Crippen molar-refractivity contribution in [2.45, 2.75) is 36.5 Å². The summed E-state index contributed by atoms with van der Waals surface area (Å²) >= 11 is 0. The van der Waals surface area contributed by atoms with E-state index in [1.165, 1.54) is 42.5 Å². The number of hydrogen-bond donors (Lipinski definition) is 3. The molecule has 2 aromatic carbocycles. The third kappa shape index (κ3) is 6.36. The number of carbonyl (C=O) groups excluding carboxylic acids is 1. The minimum atomic E-state index is -3.66. The minimum Gasteiger partial charge on any atom is -0.322 e. The molecule has 0 radical (unpaired) electrons. The molecule has 3 N–H and O–H groups in total. The summed E-state index contributed by atoms with van der Waals surface area (Å²) in [5.74, 6) is -0.481. The Kier molecular flexibility index (Phi) is 7.91. The molecular formula is C19H25N3O5S2. The zero-order chi connectivity index (χ0) is 21.5. The van der Waals surface area contributed by atoms with Crippen LogP contribution < -0.4 is 14.8 Å². The van der Waals surface area contributed by atoms with Crippen LogP contribution in [0.25, 0.3) is 0 Å². The van der Waals surface area contributed by atoms with E-state index < -0.39 is 26.0 Å². The fourth-order valence-electron chi connectivity index (χ4n) is 2.47. The van der Waals surface area contributed by atoms with E-state index in [-0.39, 0.29) is 21.9 Å². The predicted octanol–water partition coefficient (Wildman–Crippen LogP) is 2.32. The van der Waals surface area contributed by atoms with Crippen LogP contribution in [0.15, 0.2) is 58.3 Å². The zero-order valence-electron chi connectivity index (χ0n) is 16.3. The Balaban J connectivity index is 2.13. The Bertz CT molecular complexity index is 1050. The van der Waals surface area contributed by atoms with E-state index >= 15 is 0 Å². The zero-order valence-corrected chi connectivity index (χ0v) is 17.9. The average Bonchev–Trinajstić information content (AvgIpc) is 2.68. The van der Waals surface area contributed by atoms with Gasteiger partial charge in [0, 0.05) is 24.3 Å². The molecule has 0 unspecified atom stereocenters. The van der Waals surface area contributed by atoms with Crippen LogP contribution in [0.1, 0.15) is 37.0 Å². The molecular weight excluding hydrogens is 414 g/mol. The second-order valence-electron chi connectivity index (χ2n) is 6.26. The Labute approximate surface area is 171 Å². The summed E-state index contributed by atoms with van der Waals surface area (Å²) in [6.45, 7) is 4.24. The van der Waals surface area contributed by atoms with Crippen molar-refractivity contribution >= 4 is 31.6 Å². The highest BCUT2D eigenvalue weighted by Crippen LogP contribution is 2.17. The van der Waals surface area contributed by atoms with Crippen molar-refractivity contribution in [1.29, 1.82) is 0 Å². The molecule has 0 bridgehead atoms. The monoisotopic (exact) mass is 439 g/mol. The third-order valence-electron chi connectivity index (χ3n) is 3.99. The normalized spacial score (nSPS) is 11.9. The smallest absolute Gasteiger partial charge is 0.255 e. The molecule has 2 rings (SSSR count). The highest BCUT2D eigenvalue weighted by Gasteiger charge is 2.16. The Morgan fingerprint density at radius 1 is 0.862 bits per heavy atom. The molecule has 8 nitrogen and oxygen atoms in total. The summed E-state index contributed by atoms with van der Waals surface area (Å²) in [4.78, 5) is 12.5. The van der Waals surface area contributed by atoms with E-state index in [1.54, 1.807) is 13.0 Å². The van der Waals surface area contributed by atoms with Crippen molar-refractivity contribution in [3.8, 4) is 0 Å². The molecule has 29 heavy (non-hydrogen) atoms. The van der Waals surface area contributed by atoms with Gasteiger partial charge in [-0.25, -0.2) is 26.3 Å². The van der Waals surface area contributed by atoms with Crippen molar-refractivity contribution in [3.63, 3.8) is 0 Å². The van der Waals surface area contributed by atoms with Gasteiger partial charge in [-0.05, 0) is 48.9 Å². The van der Waals surface area contributed by atoms with E-state index in [9.17, 15) is 21.6 Å². The number of carbonyl (C=O) groups is 1. The maximum absolute atomic E-state index is 12.4. The SMILES string of the molecule is CCCCNS(=O)(=O)c1cccc(NC(=O)c2ccc(S(=O)(=O)NCC)cc2)c1. The number of amides is 1. The highest BCUT2D eigenvalue weighted by molar-refractivity contribution is 7.89. The van der Waals surface area contributed by atoms with Crippen LogP contribution in [-0.2, 0) is 20.0 Å². The topological polar surface area (TPSA) is 121 Å². The van der Waals surface area contributed by atoms with Gasteiger partial charge in [0.15, 0.2) is 0 Å². The van der Waals surface area contributed by atoms with Crippen LogP contribution in [0.3, 0.4) is 0 Å². The van der Waals surface area contributed by atoms with Crippen LogP contribution in [0, 0.1) is 0 Å². The van der Waals surface area contributed by atoms with Gasteiger partial charge >= 0.3 is 0 Å². The van der Waals surface area contributed by atoms with Crippen molar-refractivity contribution in [3.05, 3.63) is 54.1 Å². The fraction of sp³-hybridized carbons (Fsp3) is 0.316. The minimum absolute atomic E-state index is 0.0542. The van der Waals surface area contributed by atoms with Crippen molar-refractivity contribution in [2.24, 2.45) is 0 Å². The van der Waals surface area contributed by atoms with Gasteiger partial charge in [-0.2, -0.15) is 0 Å². The Morgan fingerprint density at radius 2 is 1.52 bits per heavy atom. The molecule has 0 fully saturated rings. The predicted molar refractivity (Wildman–Crippen MR) is 112 cm³/mol. The number of unbranched alkanes of at least 4 members (excludes halogenated alkanes) is 1. The fourth-order valence-corrected chi connectivity index (χ4v) is 4.63. The maximum atomic E-state index is 12.4. The molecule has 0 aliphatic carbocycles. The second kappa shape index (κ2) is 9.97. The van der Waals surface area contributed by atoms with E-state index in [0.29, 0.717) is 12.2 Å².